The highest BCUT2D eigenvalue weighted by Crippen LogP contribution is 2.27. The lowest BCUT2D eigenvalue weighted by Gasteiger charge is -2.10. The van der Waals surface area contributed by atoms with Gasteiger partial charge in [-0.2, -0.15) is 0 Å². The van der Waals surface area contributed by atoms with Gasteiger partial charge in [0.05, 0.1) is 10.7 Å². The molecule has 2 rings (SSSR count). The molecular weight excluding hydrogens is 257 g/mol. The highest BCUT2D eigenvalue weighted by atomic mass is 35.5. The average molecular weight is 268 g/mol. The minimum atomic E-state index is 0.210. The third-order valence-corrected chi connectivity index (χ3v) is 2.81. The van der Waals surface area contributed by atoms with Crippen LogP contribution in [0.4, 0.5) is 11.5 Å². The SMILES string of the molecule is Cc1ccc(Nc2nc(Cl)ncc2C)c(Cl)c1. The van der Waals surface area contributed by atoms with E-state index >= 15 is 0 Å². The Morgan fingerprint density at radius 1 is 1.18 bits per heavy atom. The van der Waals surface area contributed by atoms with Gasteiger partial charge in [0.1, 0.15) is 5.82 Å². The van der Waals surface area contributed by atoms with E-state index in [1.54, 1.807) is 6.20 Å². The van der Waals surface area contributed by atoms with E-state index in [0.29, 0.717) is 10.8 Å². The number of aryl methyl sites for hydroxylation is 2. The lowest BCUT2D eigenvalue weighted by Crippen LogP contribution is -1.98. The fourth-order valence-electron chi connectivity index (χ4n) is 1.40. The second kappa shape index (κ2) is 4.90. The second-order valence-electron chi connectivity index (χ2n) is 3.78. The van der Waals surface area contributed by atoms with E-state index in [2.05, 4.69) is 15.3 Å². The van der Waals surface area contributed by atoms with Crippen molar-refractivity contribution in [2.24, 2.45) is 0 Å². The van der Waals surface area contributed by atoms with Crippen LogP contribution in [0, 0.1) is 13.8 Å². The molecule has 0 unspecified atom stereocenters. The number of anilines is 2. The Hall–Kier alpha value is -1.32. The number of nitrogens with zero attached hydrogens (tertiary/aromatic N) is 2. The summed E-state index contributed by atoms with van der Waals surface area (Å²) >= 11 is 11.9. The Morgan fingerprint density at radius 2 is 1.94 bits per heavy atom. The highest BCUT2D eigenvalue weighted by Gasteiger charge is 2.05. The topological polar surface area (TPSA) is 37.8 Å². The van der Waals surface area contributed by atoms with Gasteiger partial charge in [-0.25, -0.2) is 9.97 Å². The minimum Gasteiger partial charge on any atom is -0.339 e. The molecule has 1 N–H and O–H groups in total. The van der Waals surface area contributed by atoms with Crippen molar-refractivity contribution in [3.05, 3.63) is 45.8 Å². The molecule has 0 saturated heterocycles. The van der Waals surface area contributed by atoms with Crippen molar-refractivity contribution in [2.75, 3.05) is 5.32 Å². The van der Waals surface area contributed by atoms with Crippen LogP contribution in [0.1, 0.15) is 11.1 Å². The molecule has 0 aliphatic rings. The summed E-state index contributed by atoms with van der Waals surface area (Å²) in [6.07, 6.45) is 1.67. The average Bonchev–Trinajstić information content (AvgIpc) is 2.27. The lowest BCUT2D eigenvalue weighted by molar-refractivity contribution is 1.13. The Morgan fingerprint density at radius 3 is 2.65 bits per heavy atom. The molecule has 0 amide bonds. The first-order valence-corrected chi connectivity index (χ1v) is 5.84. The molecule has 3 nitrogen and oxygen atoms in total. The van der Waals surface area contributed by atoms with E-state index in [9.17, 15) is 0 Å². The van der Waals surface area contributed by atoms with E-state index in [1.807, 2.05) is 32.0 Å². The summed E-state index contributed by atoms with van der Waals surface area (Å²) in [6.45, 7) is 3.89. The van der Waals surface area contributed by atoms with Crippen molar-refractivity contribution in [1.82, 2.24) is 9.97 Å². The molecule has 0 radical (unpaired) electrons. The summed E-state index contributed by atoms with van der Waals surface area (Å²) < 4.78 is 0. The standard InChI is InChI=1S/C12H11Cl2N3/c1-7-3-4-10(9(13)5-7)16-11-8(2)6-15-12(14)17-11/h3-6H,1-2H3,(H,15,16,17). The Labute approximate surface area is 110 Å². The Kier molecular flexibility index (Phi) is 3.50. The normalized spacial score (nSPS) is 10.4. The second-order valence-corrected chi connectivity index (χ2v) is 4.52. The zero-order chi connectivity index (χ0) is 12.4. The molecule has 17 heavy (non-hydrogen) atoms. The number of hydrogen-bond acceptors (Lipinski definition) is 3. The van der Waals surface area contributed by atoms with E-state index in [-0.39, 0.29) is 5.28 Å². The molecule has 5 heteroatoms. The fourth-order valence-corrected chi connectivity index (χ4v) is 1.81. The molecule has 0 atom stereocenters. The quantitative estimate of drug-likeness (QED) is 0.831. The predicted octanol–water partition coefficient (Wildman–Crippen LogP) is 4.14. The van der Waals surface area contributed by atoms with Gasteiger partial charge in [-0.3, -0.25) is 0 Å². The van der Waals surface area contributed by atoms with Crippen LogP contribution in [0.15, 0.2) is 24.4 Å². The van der Waals surface area contributed by atoms with Gasteiger partial charge >= 0.3 is 0 Å². The van der Waals surface area contributed by atoms with Gasteiger partial charge in [0.15, 0.2) is 0 Å². The summed E-state index contributed by atoms with van der Waals surface area (Å²) in [7, 11) is 0. The summed E-state index contributed by atoms with van der Waals surface area (Å²) in [5.74, 6) is 0.663. The van der Waals surface area contributed by atoms with Crippen molar-refractivity contribution >= 4 is 34.7 Å². The number of benzene rings is 1. The molecule has 0 bridgehead atoms. The van der Waals surface area contributed by atoms with E-state index in [0.717, 1.165) is 16.8 Å². The summed E-state index contributed by atoms with van der Waals surface area (Å²) in [5.41, 5.74) is 2.82. The van der Waals surface area contributed by atoms with Crippen LogP contribution < -0.4 is 5.32 Å². The molecule has 1 heterocycles. The summed E-state index contributed by atoms with van der Waals surface area (Å²) in [6, 6.07) is 5.78. The maximum Gasteiger partial charge on any atom is 0.224 e. The van der Waals surface area contributed by atoms with Gasteiger partial charge in [-0.1, -0.05) is 17.7 Å². The minimum absolute atomic E-state index is 0.210. The maximum absolute atomic E-state index is 6.13. The molecule has 0 saturated carbocycles. The smallest absolute Gasteiger partial charge is 0.224 e. The van der Waals surface area contributed by atoms with Gasteiger partial charge in [0.2, 0.25) is 5.28 Å². The maximum atomic E-state index is 6.13. The Balaban J connectivity index is 2.34. The summed E-state index contributed by atoms with van der Waals surface area (Å²) in [5, 5.41) is 4.00. The van der Waals surface area contributed by atoms with Crippen molar-refractivity contribution < 1.29 is 0 Å². The number of aromatic nitrogens is 2. The van der Waals surface area contributed by atoms with Gasteiger partial charge < -0.3 is 5.32 Å². The monoisotopic (exact) mass is 267 g/mol. The molecule has 88 valence electrons. The molecule has 1 aromatic heterocycles. The lowest BCUT2D eigenvalue weighted by atomic mass is 10.2. The molecule has 0 spiro atoms. The number of hydrogen-bond donors (Lipinski definition) is 1. The van der Waals surface area contributed by atoms with Gasteiger partial charge in [-0.15, -0.1) is 0 Å². The molecule has 1 aromatic carbocycles. The van der Waals surface area contributed by atoms with Crippen LogP contribution in [-0.4, -0.2) is 9.97 Å². The van der Waals surface area contributed by atoms with E-state index in [1.165, 1.54) is 0 Å². The van der Waals surface area contributed by atoms with Crippen LogP contribution in [0.25, 0.3) is 0 Å². The van der Waals surface area contributed by atoms with Gasteiger partial charge in [0.25, 0.3) is 0 Å². The third kappa shape index (κ3) is 2.87. The largest absolute Gasteiger partial charge is 0.339 e. The fraction of sp³-hybridized carbons (Fsp3) is 0.167. The van der Waals surface area contributed by atoms with Crippen molar-refractivity contribution in [1.29, 1.82) is 0 Å². The third-order valence-electron chi connectivity index (χ3n) is 2.32. The van der Waals surface area contributed by atoms with Gasteiger partial charge in [-0.05, 0) is 43.1 Å². The van der Waals surface area contributed by atoms with Gasteiger partial charge in [0, 0.05) is 11.8 Å². The molecule has 0 aliphatic heterocycles. The molecule has 2 aromatic rings. The van der Waals surface area contributed by atoms with E-state index in [4.69, 9.17) is 23.2 Å². The first-order valence-electron chi connectivity index (χ1n) is 5.08. The molecular formula is C12H11Cl2N3. The zero-order valence-corrected chi connectivity index (χ0v) is 11.0. The van der Waals surface area contributed by atoms with Crippen LogP contribution in [0.5, 0.6) is 0 Å². The predicted molar refractivity (Wildman–Crippen MR) is 71.3 cm³/mol. The Bertz CT molecular complexity index is 555. The van der Waals surface area contributed by atoms with Crippen molar-refractivity contribution in [3.63, 3.8) is 0 Å². The first-order chi connectivity index (χ1) is 8.06. The van der Waals surface area contributed by atoms with Crippen LogP contribution in [0.3, 0.4) is 0 Å². The summed E-state index contributed by atoms with van der Waals surface area (Å²) in [4.78, 5) is 8.01. The van der Waals surface area contributed by atoms with Crippen molar-refractivity contribution in [2.45, 2.75) is 13.8 Å². The molecule has 0 fully saturated rings. The number of halogens is 2. The van der Waals surface area contributed by atoms with Crippen LogP contribution in [0.2, 0.25) is 10.3 Å². The van der Waals surface area contributed by atoms with Crippen molar-refractivity contribution in [3.8, 4) is 0 Å². The zero-order valence-electron chi connectivity index (χ0n) is 9.46. The number of rotatable bonds is 2. The number of nitrogens with one attached hydrogen (secondary N) is 1. The molecule has 0 aliphatic carbocycles. The highest BCUT2D eigenvalue weighted by molar-refractivity contribution is 6.33. The van der Waals surface area contributed by atoms with Crippen LogP contribution in [-0.2, 0) is 0 Å². The van der Waals surface area contributed by atoms with E-state index < -0.39 is 0 Å². The van der Waals surface area contributed by atoms with Crippen LogP contribution >= 0.6 is 23.2 Å². The first kappa shape index (κ1) is 12.1.